The van der Waals surface area contributed by atoms with Crippen LogP contribution in [0.1, 0.15) is 5.82 Å². The SMILES string of the molecule is Cc1nc(Cl)cc(Nc2cccc(N(C)C)c2)n1. The van der Waals surface area contributed by atoms with Crippen molar-refractivity contribution in [2.45, 2.75) is 6.92 Å². The Morgan fingerprint density at radius 3 is 2.61 bits per heavy atom. The van der Waals surface area contributed by atoms with Crippen LogP contribution in [0.4, 0.5) is 17.2 Å². The molecule has 2 aromatic rings. The second-order valence-electron chi connectivity index (χ2n) is 4.19. The van der Waals surface area contributed by atoms with Crippen molar-refractivity contribution in [3.05, 3.63) is 41.3 Å². The molecular formula is C13H15ClN4. The molecule has 0 saturated carbocycles. The Labute approximate surface area is 112 Å². The van der Waals surface area contributed by atoms with Crippen LogP contribution in [0.3, 0.4) is 0 Å². The minimum absolute atomic E-state index is 0.439. The Morgan fingerprint density at radius 1 is 1.17 bits per heavy atom. The summed E-state index contributed by atoms with van der Waals surface area (Å²) in [6.07, 6.45) is 0. The average molecular weight is 263 g/mol. The van der Waals surface area contributed by atoms with Crippen LogP contribution >= 0.6 is 11.6 Å². The Kier molecular flexibility index (Phi) is 3.67. The highest BCUT2D eigenvalue weighted by Crippen LogP contribution is 2.21. The van der Waals surface area contributed by atoms with Gasteiger partial charge in [0.05, 0.1) is 0 Å². The van der Waals surface area contributed by atoms with E-state index in [1.165, 1.54) is 0 Å². The summed E-state index contributed by atoms with van der Waals surface area (Å²) in [5, 5.41) is 3.66. The predicted molar refractivity (Wildman–Crippen MR) is 75.8 cm³/mol. The zero-order valence-corrected chi connectivity index (χ0v) is 11.4. The predicted octanol–water partition coefficient (Wildman–Crippen LogP) is 3.25. The number of aryl methyl sites for hydroxylation is 1. The minimum Gasteiger partial charge on any atom is -0.378 e. The first-order chi connectivity index (χ1) is 8.54. The summed E-state index contributed by atoms with van der Waals surface area (Å²) in [5.74, 6) is 1.34. The molecule has 5 heteroatoms. The number of rotatable bonds is 3. The lowest BCUT2D eigenvalue weighted by Crippen LogP contribution is -2.08. The Bertz CT molecular complexity index is 534. The Balaban J connectivity index is 2.25. The first-order valence-corrected chi connectivity index (χ1v) is 5.98. The van der Waals surface area contributed by atoms with Crippen molar-refractivity contribution < 1.29 is 0 Å². The number of nitrogens with one attached hydrogen (secondary N) is 1. The summed E-state index contributed by atoms with van der Waals surface area (Å²) in [7, 11) is 4.01. The van der Waals surface area contributed by atoms with Gasteiger partial charge >= 0.3 is 0 Å². The van der Waals surface area contributed by atoms with Gasteiger partial charge in [-0.2, -0.15) is 0 Å². The van der Waals surface area contributed by atoms with E-state index in [0.29, 0.717) is 16.8 Å². The lowest BCUT2D eigenvalue weighted by Gasteiger charge is -2.14. The van der Waals surface area contributed by atoms with Gasteiger partial charge in [0.15, 0.2) is 0 Å². The van der Waals surface area contributed by atoms with Gasteiger partial charge in [0.25, 0.3) is 0 Å². The van der Waals surface area contributed by atoms with Gasteiger partial charge in [-0.3, -0.25) is 0 Å². The lowest BCUT2D eigenvalue weighted by molar-refractivity contribution is 1.06. The molecule has 0 fully saturated rings. The highest BCUT2D eigenvalue weighted by atomic mass is 35.5. The molecule has 0 aliphatic carbocycles. The van der Waals surface area contributed by atoms with Crippen molar-refractivity contribution >= 4 is 28.8 Å². The fourth-order valence-corrected chi connectivity index (χ4v) is 1.83. The summed E-state index contributed by atoms with van der Waals surface area (Å²) in [4.78, 5) is 10.4. The smallest absolute Gasteiger partial charge is 0.135 e. The van der Waals surface area contributed by atoms with Crippen LogP contribution in [0.2, 0.25) is 5.15 Å². The molecule has 0 saturated heterocycles. The number of halogens is 1. The lowest BCUT2D eigenvalue weighted by atomic mass is 10.2. The third-order valence-electron chi connectivity index (χ3n) is 2.44. The third kappa shape index (κ3) is 3.11. The highest BCUT2D eigenvalue weighted by molar-refractivity contribution is 6.29. The molecule has 94 valence electrons. The molecule has 4 nitrogen and oxygen atoms in total. The molecule has 1 heterocycles. The molecule has 0 unspecified atom stereocenters. The quantitative estimate of drug-likeness (QED) is 0.862. The number of benzene rings is 1. The van der Waals surface area contributed by atoms with Crippen LogP contribution in [0, 0.1) is 6.92 Å². The average Bonchev–Trinajstić information content (AvgIpc) is 2.27. The van der Waals surface area contributed by atoms with E-state index in [4.69, 9.17) is 11.6 Å². The number of aromatic nitrogens is 2. The number of hydrogen-bond donors (Lipinski definition) is 1. The van der Waals surface area contributed by atoms with E-state index in [1.54, 1.807) is 6.07 Å². The summed E-state index contributed by atoms with van der Waals surface area (Å²) in [6.45, 7) is 1.81. The normalized spacial score (nSPS) is 10.2. The van der Waals surface area contributed by atoms with Crippen LogP contribution in [-0.2, 0) is 0 Å². The van der Waals surface area contributed by atoms with Gasteiger partial charge in [0.2, 0.25) is 0 Å². The molecule has 1 aromatic heterocycles. The molecule has 1 N–H and O–H groups in total. The molecular weight excluding hydrogens is 248 g/mol. The van der Waals surface area contributed by atoms with Gasteiger partial charge in [-0.05, 0) is 25.1 Å². The van der Waals surface area contributed by atoms with E-state index < -0.39 is 0 Å². The fraction of sp³-hybridized carbons (Fsp3) is 0.231. The van der Waals surface area contributed by atoms with Gasteiger partial charge in [0.1, 0.15) is 16.8 Å². The summed E-state index contributed by atoms with van der Waals surface area (Å²) >= 11 is 5.90. The molecule has 2 rings (SSSR count). The topological polar surface area (TPSA) is 41.1 Å². The first kappa shape index (κ1) is 12.6. The minimum atomic E-state index is 0.439. The molecule has 18 heavy (non-hydrogen) atoms. The standard InChI is InChI=1S/C13H15ClN4/c1-9-15-12(14)8-13(16-9)17-10-5-4-6-11(7-10)18(2)3/h4-8H,1-3H3,(H,15,16,17). The first-order valence-electron chi connectivity index (χ1n) is 5.60. The highest BCUT2D eigenvalue weighted by Gasteiger charge is 2.02. The van der Waals surface area contributed by atoms with Crippen molar-refractivity contribution in [3.63, 3.8) is 0 Å². The van der Waals surface area contributed by atoms with Crippen molar-refractivity contribution in [2.75, 3.05) is 24.3 Å². The van der Waals surface area contributed by atoms with Crippen molar-refractivity contribution in [2.24, 2.45) is 0 Å². The molecule has 0 atom stereocenters. The van der Waals surface area contributed by atoms with Gasteiger partial charge in [0, 0.05) is 31.5 Å². The summed E-state index contributed by atoms with van der Waals surface area (Å²) in [6, 6.07) is 9.78. The summed E-state index contributed by atoms with van der Waals surface area (Å²) in [5.41, 5.74) is 2.09. The van der Waals surface area contributed by atoms with Gasteiger partial charge in [-0.1, -0.05) is 17.7 Å². The zero-order valence-electron chi connectivity index (χ0n) is 10.6. The maximum Gasteiger partial charge on any atom is 0.135 e. The summed E-state index contributed by atoms with van der Waals surface area (Å²) < 4.78 is 0. The van der Waals surface area contributed by atoms with Crippen LogP contribution in [0.25, 0.3) is 0 Å². The monoisotopic (exact) mass is 262 g/mol. The van der Waals surface area contributed by atoms with E-state index in [1.807, 2.05) is 50.2 Å². The van der Waals surface area contributed by atoms with Crippen LogP contribution in [-0.4, -0.2) is 24.1 Å². The molecule has 0 spiro atoms. The van der Waals surface area contributed by atoms with Gasteiger partial charge in [-0.15, -0.1) is 0 Å². The van der Waals surface area contributed by atoms with E-state index in [0.717, 1.165) is 11.4 Å². The van der Waals surface area contributed by atoms with Crippen molar-refractivity contribution in [3.8, 4) is 0 Å². The van der Waals surface area contributed by atoms with Crippen molar-refractivity contribution in [1.82, 2.24) is 9.97 Å². The van der Waals surface area contributed by atoms with Crippen LogP contribution in [0.5, 0.6) is 0 Å². The van der Waals surface area contributed by atoms with Gasteiger partial charge in [-0.25, -0.2) is 9.97 Å². The van der Waals surface area contributed by atoms with E-state index in [9.17, 15) is 0 Å². The third-order valence-corrected chi connectivity index (χ3v) is 2.64. The molecule has 0 aliphatic rings. The molecule has 1 aromatic carbocycles. The maximum atomic E-state index is 5.90. The number of anilines is 3. The zero-order chi connectivity index (χ0) is 13.1. The fourth-order valence-electron chi connectivity index (χ4n) is 1.61. The number of hydrogen-bond acceptors (Lipinski definition) is 4. The van der Waals surface area contributed by atoms with E-state index in [2.05, 4.69) is 15.3 Å². The van der Waals surface area contributed by atoms with Crippen LogP contribution in [0.15, 0.2) is 30.3 Å². The molecule has 0 amide bonds. The van der Waals surface area contributed by atoms with Crippen molar-refractivity contribution in [1.29, 1.82) is 0 Å². The second-order valence-corrected chi connectivity index (χ2v) is 4.58. The second kappa shape index (κ2) is 5.23. The number of nitrogens with zero attached hydrogens (tertiary/aromatic N) is 3. The molecule has 0 aliphatic heterocycles. The largest absolute Gasteiger partial charge is 0.378 e. The Morgan fingerprint density at radius 2 is 1.94 bits per heavy atom. The molecule has 0 radical (unpaired) electrons. The van der Waals surface area contributed by atoms with Crippen LogP contribution < -0.4 is 10.2 Å². The van der Waals surface area contributed by atoms with E-state index >= 15 is 0 Å². The van der Waals surface area contributed by atoms with E-state index in [-0.39, 0.29) is 0 Å². The van der Waals surface area contributed by atoms with Gasteiger partial charge < -0.3 is 10.2 Å². The maximum absolute atomic E-state index is 5.90. The molecule has 0 bridgehead atoms. The Hall–Kier alpha value is -1.81.